The molecule has 0 saturated heterocycles. The summed E-state index contributed by atoms with van der Waals surface area (Å²) in [6, 6.07) is -2.68. The molecule has 0 rings (SSSR count). The molecule has 0 saturated carbocycles. The predicted octanol–water partition coefficient (Wildman–Crippen LogP) is -0.527. The van der Waals surface area contributed by atoms with E-state index in [0.29, 0.717) is 25.8 Å². The molecule has 0 spiro atoms. The van der Waals surface area contributed by atoms with Crippen LogP contribution in [0.1, 0.15) is 39.5 Å². The van der Waals surface area contributed by atoms with Gasteiger partial charge in [-0.1, -0.05) is 20.3 Å². The van der Waals surface area contributed by atoms with E-state index in [1.54, 1.807) is 0 Å². The van der Waals surface area contributed by atoms with Crippen molar-refractivity contribution in [1.29, 1.82) is 0 Å². The number of rotatable bonds is 12. The first-order valence-corrected chi connectivity index (χ1v) is 8.81. The Kier molecular flexibility index (Phi) is 11.4. The quantitative estimate of drug-likeness (QED) is 0.203. The first-order valence-electron chi connectivity index (χ1n) is 8.18. The zero-order valence-electron chi connectivity index (χ0n) is 14.3. The molecule has 0 radical (unpaired) electrons. The maximum absolute atomic E-state index is 12.3. The van der Waals surface area contributed by atoms with E-state index in [9.17, 15) is 14.4 Å². The third-order valence-corrected chi connectivity index (χ3v) is 4.30. The first-order chi connectivity index (χ1) is 11.3. The van der Waals surface area contributed by atoms with Crippen molar-refractivity contribution in [3.63, 3.8) is 0 Å². The second-order valence-electron chi connectivity index (χ2n) is 5.84. The van der Waals surface area contributed by atoms with E-state index in [-0.39, 0.29) is 11.7 Å². The number of hydrogen-bond donors (Lipinski definition) is 6. The van der Waals surface area contributed by atoms with Crippen LogP contribution in [0.25, 0.3) is 0 Å². The highest BCUT2D eigenvalue weighted by Gasteiger charge is 2.28. The maximum Gasteiger partial charge on any atom is 0.327 e. The number of unbranched alkanes of at least 4 members (excludes halogenated alkanes) is 1. The summed E-state index contributed by atoms with van der Waals surface area (Å²) in [6.45, 7) is 4.26. The molecule has 0 bridgehead atoms. The van der Waals surface area contributed by atoms with Gasteiger partial charge in [0.25, 0.3) is 0 Å². The number of amides is 2. The Morgan fingerprint density at radius 2 is 1.71 bits per heavy atom. The highest BCUT2D eigenvalue weighted by atomic mass is 32.1. The fourth-order valence-electron chi connectivity index (χ4n) is 2.00. The zero-order chi connectivity index (χ0) is 18.7. The van der Waals surface area contributed by atoms with Gasteiger partial charge in [-0.05, 0) is 31.7 Å². The van der Waals surface area contributed by atoms with Gasteiger partial charge in [-0.25, -0.2) is 4.79 Å². The van der Waals surface area contributed by atoms with Gasteiger partial charge in [0.1, 0.15) is 12.1 Å². The second kappa shape index (κ2) is 12.1. The van der Waals surface area contributed by atoms with Gasteiger partial charge in [0.05, 0.1) is 6.04 Å². The highest BCUT2D eigenvalue weighted by Crippen LogP contribution is 2.07. The molecule has 7 N–H and O–H groups in total. The fourth-order valence-corrected chi connectivity index (χ4v) is 2.25. The van der Waals surface area contributed by atoms with Crippen LogP contribution in [-0.4, -0.2) is 53.3 Å². The van der Waals surface area contributed by atoms with Gasteiger partial charge < -0.3 is 27.2 Å². The molecular weight excluding hydrogens is 332 g/mol. The summed E-state index contributed by atoms with van der Waals surface area (Å²) < 4.78 is 0. The lowest BCUT2D eigenvalue weighted by atomic mass is 9.98. The Morgan fingerprint density at radius 1 is 1.12 bits per heavy atom. The third kappa shape index (κ3) is 7.98. The van der Waals surface area contributed by atoms with Crippen LogP contribution in [0.3, 0.4) is 0 Å². The number of thiol groups is 1. The number of nitrogens with two attached hydrogens (primary N) is 2. The molecule has 0 heterocycles. The van der Waals surface area contributed by atoms with E-state index in [0.717, 1.165) is 6.42 Å². The monoisotopic (exact) mass is 362 g/mol. The number of hydrogen-bond acceptors (Lipinski definition) is 6. The van der Waals surface area contributed by atoms with Crippen molar-refractivity contribution in [3.8, 4) is 0 Å². The van der Waals surface area contributed by atoms with Crippen LogP contribution < -0.4 is 22.1 Å². The topological polar surface area (TPSA) is 148 Å². The van der Waals surface area contributed by atoms with Gasteiger partial charge in [0.2, 0.25) is 11.8 Å². The third-order valence-electron chi connectivity index (χ3n) is 3.94. The van der Waals surface area contributed by atoms with E-state index in [4.69, 9.17) is 16.6 Å². The van der Waals surface area contributed by atoms with E-state index in [2.05, 4.69) is 23.3 Å². The molecule has 9 heteroatoms. The second-order valence-corrected chi connectivity index (χ2v) is 6.20. The van der Waals surface area contributed by atoms with Crippen molar-refractivity contribution in [2.24, 2.45) is 17.4 Å². The van der Waals surface area contributed by atoms with Gasteiger partial charge in [0.15, 0.2) is 0 Å². The standard InChI is InChI=1S/C15H30N4O4S/c1-3-9(2)12(17)14(21)18-10(6-4-5-7-16)13(20)19-11(8-24)15(22)23/h9-12,24H,3-8,16-17H2,1-2H3,(H,18,21)(H,19,20)(H,22,23). The lowest BCUT2D eigenvalue weighted by Gasteiger charge is -2.24. The minimum absolute atomic E-state index is 0.0260. The molecule has 0 aliphatic rings. The van der Waals surface area contributed by atoms with Gasteiger partial charge in [-0.2, -0.15) is 12.6 Å². The largest absolute Gasteiger partial charge is 0.480 e. The summed E-state index contributed by atoms with van der Waals surface area (Å²) in [7, 11) is 0. The van der Waals surface area contributed by atoms with E-state index in [1.807, 2.05) is 13.8 Å². The Morgan fingerprint density at radius 3 is 2.17 bits per heavy atom. The van der Waals surface area contributed by atoms with Crippen molar-refractivity contribution in [2.45, 2.75) is 57.7 Å². The smallest absolute Gasteiger partial charge is 0.327 e. The van der Waals surface area contributed by atoms with Gasteiger partial charge >= 0.3 is 5.97 Å². The molecule has 24 heavy (non-hydrogen) atoms. The molecule has 0 aliphatic carbocycles. The normalized spacial score (nSPS) is 15.9. The summed E-state index contributed by atoms with van der Waals surface area (Å²) in [5.41, 5.74) is 11.3. The minimum atomic E-state index is -1.18. The molecule has 2 amide bonds. The lowest BCUT2D eigenvalue weighted by Crippen LogP contribution is -2.55. The van der Waals surface area contributed by atoms with Crippen LogP contribution in [-0.2, 0) is 14.4 Å². The molecule has 0 aliphatic heterocycles. The van der Waals surface area contributed by atoms with Crippen molar-refractivity contribution in [3.05, 3.63) is 0 Å². The zero-order valence-corrected chi connectivity index (χ0v) is 15.2. The molecule has 0 aromatic heterocycles. The van der Waals surface area contributed by atoms with Crippen LogP contribution >= 0.6 is 12.6 Å². The first kappa shape index (κ1) is 22.7. The average molecular weight is 362 g/mol. The Balaban J connectivity index is 4.92. The SMILES string of the molecule is CCC(C)C(N)C(=O)NC(CCCCN)C(=O)NC(CS)C(=O)O. The summed E-state index contributed by atoms with van der Waals surface area (Å²) in [6.07, 6.45) is 2.43. The Bertz CT molecular complexity index is 422. The maximum atomic E-state index is 12.3. The Hall–Kier alpha value is -1.32. The summed E-state index contributed by atoms with van der Waals surface area (Å²) in [5.74, 6) is -2.23. The van der Waals surface area contributed by atoms with Crippen LogP contribution in [0.15, 0.2) is 0 Å². The summed E-state index contributed by atoms with van der Waals surface area (Å²) in [4.78, 5) is 35.5. The number of aliphatic carboxylic acids is 1. The number of nitrogens with one attached hydrogen (secondary N) is 2. The number of carboxylic acids is 1. The summed E-state index contributed by atoms with van der Waals surface area (Å²) >= 11 is 3.91. The van der Waals surface area contributed by atoms with Crippen LogP contribution in [0, 0.1) is 5.92 Å². The number of carboxylic acid groups (broad SMARTS) is 1. The predicted molar refractivity (Wildman–Crippen MR) is 95.7 cm³/mol. The van der Waals surface area contributed by atoms with Gasteiger partial charge in [0, 0.05) is 5.75 Å². The van der Waals surface area contributed by atoms with E-state index in [1.165, 1.54) is 0 Å². The molecule has 0 aromatic rings. The molecule has 140 valence electrons. The molecule has 4 atom stereocenters. The number of carbonyl (C=O) groups is 3. The van der Waals surface area contributed by atoms with Crippen molar-refractivity contribution in [1.82, 2.24) is 10.6 Å². The van der Waals surface area contributed by atoms with Crippen LogP contribution in [0.5, 0.6) is 0 Å². The molecule has 0 aromatic carbocycles. The molecular formula is C15H30N4O4S. The highest BCUT2D eigenvalue weighted by molar-refractivity contribution is 7.80. The lowest BCUT2D eigenvalue weighted by molar-refractivity contribution is -0.141. The fraction of sp³-hybridized carbons (Fsp3) is 0.800. The molecule has 8 nitrogen and oxygen atoms in total. The Labute approximate surface area is 148 Å². The van der Waals surface area contributed by atoms with E-state index < -0.39 is 35.9 Å². The van der Waals surface area contributed by atoms with Crippen molar-refractivity contribution >= 4 is 30.4 Å². The van der Waals surface area contributed by atoms with E-state index >= 15 is 0 Å². The van der Waals surface area contributed by atoms with Gasteiger partial charge in [-0.3, -0.25) is 9.59 Å². The van der Waals surface area contributed by atoms with Crippen LogP contribution in [0.2, 0.25) is 0 Å². The van der Waals surface area contributed by atoms with Crippen LogP contribution in [0.4, 0.5) is 0 Å². The van der Waals surface area contributed by atoms with Crippen molar-refractivity contribution in [2.75, 3.05) is 12.3 Å². The average Bonchev–Trinajstić information content (AvgIpc) is 2.56. The minimum Gasteiger partial charge on any atom is -0.480 e. The molecule has 4 unspecified atom stereocenters. The van der Waals surface area contributed by atoms with Gasteiger partial charge in [-0.15, -0.1) is 0 Å². The summed E-state index contributed by atoms with van der Waals surface area (Å²) in [5, 5.41) is 14.0. The molecule has 0 fully saturated rings. The van der Waals surface area contributed by atoms with Crippen molar-refractivity contribution < 1.29 is 19.5 Å². The number of carbonyl (C=O) groups excluding carboxylic acids is 2.